The maximum Gasteiger partial charge on any atom is 0.192 e. The molecule has 0 saturated heterocycles. The van der Waals surface area contributed by atoms with E-state index in [2.05, 4.69) is 15.2 Å². The summed E-state index contributed by atoms with van der Waals surface area (Å²) in [4.78, 5) is 15.1. The first-order chi connectivity index (χ1) is 12.2. The van der Waals surface area contributed by atoms with Crippen molar-refractivity contribution in [2.24, 2.45) is 0 Å². The maximum atomic E-state index is 12.2. The lowest BCUT2D eigenvalue weighted by Crippen LogP contribution is -2.09. The number of hydrogen-bond donors (Lipinski definition) is 1. The summed E-state index contributed by atoms with van der Waals surface area (Å²) in [6, 6.07) is 11.0. The Kier molecular flexibility index (Phi) is 5.91. The Labute approximate surface area is 154 Å². The maximum absolute atomic E-state index is 12.2. The van der Waals surface area contributed by atoms with Crippen LogP contribution in [0, 0.1) is 0 Å². The fourth-order valence-corrected chi connectivity index (χ4v) is 3.28. The molecular formula is C17H17ClN4O2S. The van der Waals surface area contributed by atoms with Crippen LogP contribution in [0.3, 0.4) is 0 Å². The highest BCUT2D eigenvalue weighted by Gasteiger charge is 2.16. The largest absolute Gasteiger partial charge is 0.383 e. The van der Waals surface area contributed by atoms with Crippen molar-refractivity contribution in [3.63, 3.8) is 0 Å². The Bertz CT molecular complexity index is 831. The second-order valence-corrected chi connectivity index (χ2v) is 6.63. The molecule has 1 N–H and O–H groups in total. The number of ketones is 1. The van der Waals surface area contributed by atoms with Gasteiger partial charge in [-0.1, -0.05) is 23.4 Å². The molecule has 0 aliphatic carbocycles. The third-order valence-corrected chi connectivity index (χ3v) is 4.79. The molecule has 0 aliphatic heterocycles. The molecule has 0 saturated carbocycles. The third-order valence-electron chi connectivity index (χ3n) is 3.57. The van der Waals surface area contributed by atoms with E-state index in [-0.39, 0.29) is 11.5 Å². The number of carbonyl (C=O) groups is 1. The first kappa shape index (κ1) is 17.7. The number of carbonyl (C=O) groups excluding carboxylic acids is 1. The van der Waals surface area contributed by atoms with Crippen molar-refractivity contribution < 1.29 is 9.53 Å². The van der Waals surface area contributed by atoms with Crippen LogP contribution in [0.4, 0.5) is 0 Å². The summed E-state index contributed by atoms with van der Waals surface area (Å²) in [5.41, 5.74) is 1.50. The van der Waals surface area contributed by atoms with E-state index in [4.69, 9.17) is 16.3 Å². The summed E-state index contributed by atoms with van der Waals surface area (Å²) >= 11 is 7.31. The summed E-state index contributed by atoms with van der Waals surface area (Å²) < 4.78 is 7.14. The van der Waals surface area contributed by atoms with Gasteiger partial charge in [0.05, 0.1) is 24.6 Å². The number of nitrogens with zero attached hydrogens (tertiary/aromatic N) is 3. The molecule has 3 rings (SSSR count). The average Bonchev–Trinajstić information content (AvgIpc) is 3.28. The Morgan fingerprint density at radius 2 is 2.08 bits per heavy atom. The van der Waals surface area contributed by atoms with Crippen LogP contribution in [-0.2, 0) is 11.3 Å². The number of halogens is 1. The first-order valence-electron chi connectivity index (χ1n) is 7.66. The SMILES string of the molecule is COCCn1c(SCC(=O)c2ccc[nH]2)nnc1-c1ccc(Cl)cc1. The molecule has 0 fully saturated rings. The zero-order valence-corrected chi connectivity index (χ0v) is 15.2. The van der Waals surface area contributed by atoms with Crippen molar-refractivity contribution in [2.75, 3.05) is 19.5 Å². The summed E-state index contributed by atoms with van der Waals surface area (Å²) in [7, 11) is 1.65. The van der Waals surface area contributed by atoms with Crippen molar-refractivity contribution >= 4 is 29.1 Å². The fourth-order valence-electron chi connectivity index (χ4n) is 2.30. The van der Waals surface area contributed by atoms with Crippen molar-refractivity contribution in [3.8, 4) is 11.4 Å². The van der Waals surface area contributed by atoms with Gasteiger partial charge in [0.15, 0.2) is 16.8 Å². The minimum atomic E-state index is 0.0179. The molecule has 1 aromatic carbocycles. The number of aromatic nitrogens is 4. The lowest BCUT2D eigenvalue weighted by atomic mass is 10.2. The van der Waals surface area contributed by atoms with E-state index in [0.717, 1.165) is 11.4 Å². The van der Waals surface area contributed by atoms with Crippen LogP contribution in [0.1, 0.15) is 10.5 Å². The van der Waals surface area contributed by atoms with Crippen LogP contribution in [0.25, 0.3) is 11.4 Å². The molecule has 0 bridgehead atoms. The molecule has 0 unspecified atom stereocenters. The predicted molar refractivity (Wildman–Crippen MR) is 98.2 cm³/mol. The number of ether oxygens (including phenoxy) is 1. The van der Waals surface area contributed by atoms with Crippen LogP contribution >= 0.6 is 23.4 Å². The molecule has 2 heterocycles. The number of hydrogen-bond acceptors (Lipinski definition) is 5. The lowest BCUT2D eigenvalue weighted by molar-refractivity contribution is 0.101. The highest BCUT2D eigenvalue weighted by molar-refractivity contribution is 7.99. The van der Waals surface area contributed by atoms with Gasteiger partial charge in [0.1, 0.15) is 0 Å². The number of rotatable bonds is 8. The van der Waals surface area contributed by atoms with Crippen molar-refractivity contribution in [1.82, 2.24) is 19.7 Å². The second kappa shape index (κ2) is 8.33. The fraction of sp³-hybridized carbons (Fsp3) is 0.235. The van der Waals surface area contributed by atoms with Gasteiger partial charge in [-0.05, 0) is 36.4 Å². The number of thioether (sulfide) groups is 1. The molecule has 0 amide bonds. The van der Waals surface area contributed by atoms with Crippen molar-refractivity contribution in [1.29, 1.82) is 0 Å². The molecule has 8 heteroatoms. The number of nitrogens with one attached hydrogen (secondary N) is 1. The quantitative estimate of drug-likeness (QED) is 0.480. The van der Waals surface area contributed by atoms with E-state index in [1.54, 1.807) is 25.4 Å². The van der Waals surface area contributed by atoms with E-state index in [0.29, 0.717) is 29.0 Å². The van der Waals surface area contributed by atoms with Gasteiger partial charge < -0.3 is 9.72 Å². The van der Waals surface area contributed by atoms with E-state index in [9.17, 15) is 4.79 Å². The minimum absolute atomic E-state index is 0.0179. The van der Waals surface area contributed by atoms with Crippen LogP contribution < -0.4 is 0 Å². The first-order valence-corrected chi connectivity index (χ1v) is 9.03. The third kappa shape index (κ3) is 4.31. The van der Waals surface area contributed by atoms with Gasteiger partial charge in [-0.15, -0.1) is 10.2 Å². The highest BCUT2D eigenvalue weighted by atomic mass is 35.5. The van der Waals surface area contributed by atoms with E-state index in [1.165, 1.54) is 11.8 Å². The number of methoxy groups -OCH3 is 1. The molecular weight excluding hydrogens is 360 g/mol. The normalized spacial score (nSPS) is 11.0. The minimum Gasteiger partial charge on any atom is -0.383 e. The number of benzene rings is 1. The predicted octanol–water partition coefficient (Wildman–Crippen LogP) is 3.55. The Morgan fingerprint density at radius 1 is 1.28 bits per heavy atom. The summed E-state index contributed by atoms with van der Waals surface area (Å²) in [6.45, 7) is 1.12. The zero-order valence-electron chi connectivity index (χ0n) is 13.6. The van der Waals surface area contributed by atoms with Gasteiger partial charge in [-0.2, -0.15) is 0 Å². The van der Waals surface area contributed by atoms with E-state index in [1.807, 2.05) is 28.8 Å². The molecule has 3 aromatic rings. The monoisotopic (exact) mass is 376 g/mol. The molecule has 130 valence electrons. The summed E-state index contributed by atoms with van der Waals surface area (Å²) in [5.74, 6) is 1.03. The van der Waals surface area contributed by atoms with Crippen LogP contribution in [0.2, 0.25) is 5.02 Å². The molecule has 0 atom stereocenters. The number of aromatic amines is 1. The van der Waals surface area contributed by atoms with Gasteiger partial charge in [0.2, 0.25) is 0 Å². The van der Waals surface area contributed by atoms with Crippen LogP contribution in [0.5, 0.6) is 0 Å². The standard InChI is InChI=1S/C17H17ClN4O2S/c1-24-10-9-22-16(12-4-6-13(18)7-5-12)20-21-17(22)25-11-15(23)14-3-2-8-19-14/h2-8,19H,9-11H2,1H3. The van der Waals surface area contributed by atoms with Crippen LogP contribution in [-0.4, -0.2) is 45.0 Å². The van der Waals surface area contributed by atoms with E-state index >= 15 is 0 Å². The van der Waals surface area contributed by atoms with E-state index < -0.39 is 0 Å². The molecule has 0 radical (unpaired) electrons. The molecule has 0 spiro atoms. The van der Waals surface area contributed by atoms with Crippen LogP contribution in [0.15, 0.2) is 47.8 Å². The van der Waals surface area contributed by atoms with Gasteiger partial charge in [-0.25, -0.2) is 0 Å². The second-order valence-electron chi connectivity index (χ2n) is 5.25. The molecule has 25 heavy (non-hydrogen) atoms. The van der Waals surface area contributed by atoms with Gasteiger partial charge in [0, 0.05) is 23.9 Å². The zero-order chi connectivity index (χ0) is 17.6. The summed E-state index contributed by atoms with van der Waals surface area (Å²) in [6.07, 6.45) is 1.73. The van der Waals surface area contributed by atoms with Gasteiger partial charge in [-0.3, -0.25) is 9.36 Å². The topological polar surface area (TPSA) is 72.8 Å². The Morgan fingerprint density at radius 3 is 2.76 bits per heavy atom. The number of H-pyrrole nitrogens is 1. The lowest BCUT2D eigenvalue weighted by Gasteiger charge is -2.09. The Balaban J connectivity index is 1.81. The van der Waals surface area contributed by atoms with Gasteiger partial charge >= 0.3 is 0 Å². The molecule has 0 aliphatic rings. The average molecular weight is 377 g/mol. The van der Waals surface area contributed by atoms with Crippen molar-refractivity contribution in [2.45, 2.75) is 11.7 Å². The van der Waals surface area contributed by atoms with Gasteiger partial charge in [0.25, 0.3) is 0 Å². The summed E-state index contributed by atoms with van der Waals surface area (Å²) in [5, 5.41) is 9.88. The molecule has 6 nitrogen and oxygen atoms in total. The van der Waals surface area contributed by atoms with Crippen molar-refractivity contribution in [3.05, 3.63) is 53.3 Å². The highest BCUT2D eigenvalue weighted by Crippen LogP contribution is 2.25. The Hall–Kier alpha value is -2.09. The molecule has 2 aromatic heterocycles. The smallest absolute Gasteiger partial charge is 0.192 e. The number of Topliss-reactive ketones (excluding diaryl/α,β-unsaturated/α-hetero) is 1.